The first-order valence-electron chi connectivity index (χ1n) is 13.5. The molecule has 0 aromatic heterocycles. The quantitative estimate of drug-likeness (QED) is 0.341. The Balaban J connectivity index is 1.72. The Morgan fingerprint density at radius 2 is 1.60 bits per heavy atom. The van der Waals surface area contributed by atoms with Gasteiger partial charge in [-0.1, -0.05) is 84.6 Å². The topological polar surface area (TPSA) is 86.8 Å². The molecule has 3 aromatic carbocycles. The van der Waals surface area contributed by atoms with E-state index in [4.69, 9.17) is 11.6 Å². The second kappa shape index (κ2) is 13.3. The van der Waals surface area contributed by atoms with Crippen molar-refractivity contribution in [3.05, 3.63) is 101 Å². The van der Waals surface area contributed by atoms with Crippen LogP contribution in [0, 0.1) is 6.92 Å². The van der Waals surface area contributed by atoms with Crippen molar-refractivity contribution in [2.24, 2.45) is 0 Å². The molecular weight excluding hydrogens is 546 g/mol. The second-order valence-corrected chi connectivity index (χ2v) is 12.8. The molecule has 0 bridgehead atoms. The van der Waals surface area contributed by atoms with Gasteiger partial charge in [0.2, 0.25) is 21.8 Å². The number of amides is 2. The van der Waals surface area contributed by atoms with Gasteiger partial charge in [0.1, 0.15) is 12.6 Å². The fourth-order valence-electron chi connectivity index (χ4n) is 5.08. The highest BCUT2D eigenvalue weighted by Crippen LogP contribution is 2.23. The Bertz CT molecular complexity index is 1410. The predicted molar refractivity (Wildman–Crippen MR) is 160 cm³/mol. The Morgan fingerprint density at radius 1 is 0.950 bits per heavy atom. The fourth-order valence-corrected chi connectivity index (χ4v) is 6.14. The van der Waals surface area contributed by atoms with Gasteiger partial charge in [0.15, 0.2) is 0 Å². The molecule has 0 spiro atoms. The minimum atomic E-state index is -3.80. The van der Waals surface area contributed by atoms with E-state index in [2.05, 4.69) is 5.32 Å². The van der Waals surface area contributed by atoms with Gasteiger partial charge in [-0.3, -0.25) is 13.9 Å². The molecule has 0 aliphatic heterocycles. The molecule has 2 amide bonds. The molecule has 3 aromatic rings. The van der Waals surface area contributed by atoms with Gasteiger partial charge in [0.25, 0.3) is 0 Å². The van der Waals surface area contributed by atoms with Gasteiger partial charge in [-0.25, -0.2) is 8.42 Å². The molecule has 1 aliphatic carbocycles. The molecule has 1 saturated carbocycles. The Labute approximate surface area is 242 Å². The van der Waals surface area contributed by atoms with E-state index >= 15 is 0 Å². The van der Waals surface area contributed by atoms with E-state index in [9.17, 15) is 18.0 Å². The number of halogens is 1. The number of hydrogen-bond acceptors (Lipinski definition) is 4. The van der Waals surface area contributed by atoms with Gasteiger partial charge >= 0.3 is 0 Å². The highest BCUT2D eigenvalue weighted by atomic mass is 35.5. The Kier molecular flexibility index (Phi) is 9.87. The van der Waals surface area contributed by atoms with Crippen molar-refractivity contribution in [1.29, 1.82) is 0 Å². The third-order valence-electron chi connectivity index (χ3n) is 7.22. The van der Waals surface area contributed by atoms with Crippen LogP contribution in [0.25, 0.3) is 0 Å². The first-order valence-corrected chi connectivity index (χ1v) is 15.8. The molecule has 212 valence electrons. The number of aryl methyl sites for hydroxylation is 1. The molecule has 40 heavy (non-hydrogen) atoms. The lowest BCUT2D eigenvalue weighted by Gasteiger charge is -2.34. The third-order valence-corrected chi connectivity index (χ3v) is 8.59. The SMILES string of the molecule is Cc1ccc(N(CC(=O)N(Cc2cccc(Cl)c2)[C@H](Cc2ccccc2)C(=O)NC2CCCC2)S(C)(=O)=O)cc1. The average Bonchev–Trinajstić information content (AvgIpc) is 3.43. The monoisotopic (exact) mass is 581 g/mol. The maximum Gasteiger partial charge on any atom is 0.244 e. The minimum absolute atomic E-state index is 0.0639. The van der Waals surface area contributed by atoms with Crippen LogP contribution in [0.4, 0.5) is 5.69 Å². The van der Waals surface area contributed by atoms with Crippen LogP contribution in [-0.4, -0.2) is 50.0 Å². The van der Waals surface area contributed by atoms with Crippen molar-refractivity contribution in [2.45, 2.75) is 57.7 Å². The number of nitrogens with zero attached hydrogens (tertiary/aromatic N) is 2. The van der Waals surface area contributed by atoms with E-state index in [0.717, 1.165) is 52.9 Å². The molecule has 0 unspecified atom stereocenters. The third kappa shape index (κ3) is 8.08. The maximum absolute atomic E-state index is 14.1. The molecule has 0 radical (unpaired) electrons. The van der Waals surface area contributed by atoms with Crippen LogP contribution in [0.3, 0.4) is 0 Å². The zero-order valence-electron chi connectivity index (χ0n) is 22.9. The summed E-state index contributed by atoms with van der Waals surface area (Å²) < 4.78 is 26.8. The standard InChI is InChI=1S/C31H36ClN3O4S/c1-23-15-17-28(18-16-23)35(40(2,38)39)22-30(36)34(21-25-11-8-12-26(32)19-25)29(20-24-9-4-3-5-10-24)31(37)33-27-13-6-7-14-27/h3-5,8-12,15-19,27,29H,6-7,13-14,20-22H2,1-2H3,(H,33,37)/t29-/m1/s1. The van der Waals surface area contributed by atoms with Crippen molar-refractivity contribution < 1.29 is 18.0 Å². The molecule has 1 aliphatic rings. The van der Waals surface area contributed by atoms with Gasteiger partial charge in [-0.15, -0.1) is 0 Å². The highest BCUT2D eigenvalue weighted by Gasteiger charge is 2.34. The number of nitrogens with one attached hydrogen (secondary N) is 1. The Hall–Kier alpha value is -3.36. The van der Waals surface area contributed by atoms with Crippen molar-refractivity contribution in [3.63, 3.8) is 0 Å². The summed E-state index contributed by atoms with van der Waals surface area (Å²) in [7, 11) is -3.80. The van der Waals surface area contributed by atoms with E-state index in [1.807, 2.05) is 43.3 Å². The van der Waals surface area contributed by atoms with Crippen LogP contribution in [-0.2, 0) is 32.6 Å². The molecular formula is C31H36ClN3O4S. The van der Waals surface area contributed by atoms with Crippen molar-refractivity contribution in [3.8, 4) is 0 Å². The molecule has 0 heterocycles. The number of hydrogen-bond donors (Lipinski definition) is 1. The summed E-state index contributed by atoms with van der Waals surface area (Å²) in [6.07, 6.45) is 5.28. The van der Waals surface area contributed by atoms with E-state index in [0.29, 0.717) is 10.7 Å². The van der Waals surface area contributed by atoms with E-state index in [-0.39, 0.29) is 24.9 Å². The van der Waals surface area contributed by atoms with Gasteiger partial charge in [-0.05, 0) is 55.2 Å². The van der Waals surface area contributed by atoms with E-state index < -0.39 is 28.5 Å². The normalized spacial score (nSPS) is 14.5. The molecule has 7 nitrogen and oxygen atoms in total. The van der Waals surface area contributed by atoms with Gasteiger partial charge < -0.3 is 10.2 Å². The van der Waals surface area contributed by atoms with Crippen LogP contribution in [0.15, 0.2) is 78.9 Å². The molecule has 0 saturated heterocycles. The number of anilines is 1. The zero-order valence-corrected chi connectivity index (χ0v) is 24.5. The number of carbonyl (C=O) groups is 2. The molecule has 1 N–H and O–H groups in total. The predicted octanol–water partition coefficient (Wildman–Crippen LogP) is 5.11. The molecule has 9 heteroatoms. The zero-order chi connectivity index (χ0) is 28.7. The largest absolute Gasteiger partial charge is 0.352 e. The summed E-state index contributed by atoms with van der Waals surface area (Å²) >= 11 is 6.26. The van der Waals surface area contributed by atoms with Crippen LogP contribution in [0.2, 0.25) is 5.02 Å². The number of benzene rings is 3. The smallest absolute Gasteiger partial charge is 0.244 e. The van der Waals surface area contributed by atoms with E-state index in [1.54, 1.807) is 42.5 Å². The summed E-state index contributed by atoms with van der Waals surface area (Å²) in [6.45, 7) is 1.56. The van der Waals surface area contributed by atoms with E-state index in [1.165, 1.54) is 4.90 Å². The van der Waals surface area contributed by atoms with Crippen molar-refractivity contribution >= 4 is 39.1 Å². The molecule has 4 rings (SSSR count). The summed E-state index contributed by atoms with van der Waals surface area (Å²) in [5.41, 5.74) is 3.00. The maximum atomic E-state index is 14.1. The first-order chi connectivity index (χ1) is 19.1. The number of sulfonamides is 1. The van der Waals surface area contributed by atoms with Crippen LogP contribution >= 0.6 is 11.6 Å². The lowest BCUT2D eigenvalue weighted by molar-refractivity contribution is -0.140. The fraction of sp³-hybridized carbons (Fsp3) is 0.355. The lowest BCUT2D eigenvalue weighted by Crippen LogP contribution is -2.54. The lowest BCUT2D eigenvalue weighted by atomic mass is 10.0. The van der Waals surface area contributed by atoms with Crippen molar-refractivity contribution in [1.82, 2.24) is 10.2 Å². The minimum Gasteiger partial charge on any atom is -0.352 e. The second-order valence-electron chi connectivity index (χ2n) is 10.5. The van der Waals surface area contributed by atoms with Gasteiger partial charge in [0.05, 0.1) is 11.9 Å². The number of rotatable bonds is 11. The van der Waals surface area contributed by atoms with Crippen molar-refractivity contribution in [2.75, 3.05) is 17.1 Å². The van der Waals surface area contributed by atoms with Crippen LogP contribution in [0.1, 0.15) is 42.4 Å². The number of carbonyl (C=O) groups excluding carboxylic acids is 2. The summed E-state index contributed by atoms with van der Waals surface area (Å²) in [5, 5.41) is 3.67. The van der Waals surface area contributed by atoms with Gasteiger partial charge in [-0.2, -0.15) is 0 Å². The molecule has 1 atom stereocenters. The molecule has 1 fully saturated rings. The summed E-state index contributed by atoms with van der Waals surface area (Å²) in [6, 6.07) is 22.8. The summed E-state index contributed by atoms with van der Waals surface area (Å²) in [5.74, 6) is -0.721. The Morgan fingerprint density at radius 3 is 2.23 bits per heavy atom. The summed E-state index contributed by atoms with van der Waals surface area (Å²) in [4.78, 5) is 29.4. The highest BCUT2D eigenvalue weighted by molar-refractivity contribution is 7.92. The average molecular weight is 582 g/mol. The van der Waals surface area contributed by atoms with Crippen LogP contribution < -0.4 is 9.62 Å². The first kappa shape index (κ1) is 29.6. The van der Waals surface area contributed by atoms with Gasteiger partial charge in [0, 0.05) is 24.0 Å². The van der Waals surface area contributed by atoms with Crippen LogP contribution in [0.5, 0.6) is 0 Å².